The van der Waals surface area contributed by atoms with Crippen LogP contribution in [0.5, 0.6) is 0 Å². The van der Waals surface area contributed by atoms with Gasteiger partial charge >= 0.3 is 0 Å². The van der Waals surface area contributed by atoms with Gasteiger partial charge in [-0.15, -0.1) is 0 Å². The summed E-state index contributed by atoms with van der Waals surface area (Å²) in [5.41, 5.74) is 0. The summed E-state index contributed by atoms with van der Waals surface area (Å²) < 4.78 is 7.66. The third-order valence-corrected chi connectivity index (χ3v) is 3.01. The van der Waals surface area contributed by atoms with Crippen LogP contribution in [0.25, 0.3) is 0 Å². The lowest BCUT2D eigenvalue weighted by molar-refractivity contribution is 0.475. The van der Waals surface area contributed by atoms with Crippen LogP contribution >= 0.6 is 0 Å². The molecule has 0 saturated carbocycles. The van der Waals surface area contributed by atoms with Crippen LogP contribution < -0.4 is 0 Å². The Labute approximate surface area is 97.0 Å². The Balaban J connectivity index is 2.36. The molecule has 0 aromatic carbocycles. The summed E-state index contributed by atoms with van der Waals surface area (Å²) in [7, 11) is 3.49. The Kier molecular flexibility index (Phi) is 6.45. The Morgan fingerprint density at radius 2 is 1.33 bits per heavy atom. The van der Waals surface area contributed by atoms with E-state index in [1.165, 1.54) is 46.4 Å². The Morgan fingerprint density at radius 1 is 0.733 bits per heavy atom. The third-order valence-electron chi connectivity index (χ3n) is 3.01. The first-order valence-electron chi connectivity index (χ1n) is 6.47. The zero-order valence-electron chi connectivity index (χ0n) is 10.7. The fraction of sp³-hybridized carbons (Fsp3) is 1.00. The molecule has 0 aromatic heterocycles. The molecule has 0 N–H and O–H groups in total. The summed E-state index contributed by atoms with van der Waals surface area (Å²) >= 11 is 0. The second-order valence-electron chi connectivity index (χ2n) is 4.55. The van der Waals surface area contributed by atoms with Crippen LogP contribution in [-0.4, -0.2) is 56.4 Å². The summed E-state index contributed by atoms with van der Waals surface area (Å²) in [5, 5.41) is 0. The molecule has 1 saturated heterocycles. The fourth-order valence-electron chi connectivity index (χ4n) is 2.16. The molecule has 84 valence electrons. The summed E-state index contributed by atoms with van der Waals surface area (Å²) in [6.07, 6.45) is 3.90. The summed E-state index contributed by atoms with van der Waals surface area (Å²) in [5.74, 6) is 0. The quantitative estimate of drug-likeness (QED) is 0.564. The monoisotopic (exact) mass is 207 g/mol. The predicted molar refractivity (Wildman–Crippen MR) is 72.4 cm³/mol. The highest BCUT2D eigenvalue weighted by Gasteiger charge is 2.25. The number of unbranched alkanes of at least 4 members (excludes halogenated alkanes) is 1. The molecule has 0 unspecified atom stereocenters. The first-order valence-corrected chi connectivity index (χ1v) is 6.47. The average Bonchev–Trinajstić information content (AvgIpc) is 2.26. The normalized spacial score (nSPS) is 19.4. The van der Waals surface area contributed by atoms with Gasteiger partial charge in [-0.1, -0.05) is 27.2 Å². The molecule has 3 nitrogen and oxygen atoms in total. The van der Waals surface area contributed by atoms with Crippen molar-refractivity contribution in [3.8, 4) is 0 Å². The molecule has 1 fully saturated rings. The molecule has 1 rings (SSSR count). The average molecular weight is 207 g/mol. The van der Waals surface area contributed by atoms with E-state index in [9.17, 15) is 0 Å². The van der Waals surface area contributed by atoms with Crippen molar-refractivity contribution in [3.63, 3.8) is 0 Å². The van der Waals surface area contributed by atoms with E-state index in [0.29, 0.717) is 0 Å². The smallest absolute Gasteiger partial charge is 0.270 e. The SMILES string of the molecule is CCCCN1BN(CC)BN(CCC)B1. The van der Waals surface area contributed by atoms with Gasteiger partial charge in [0.25, 0.3) is 22.6 Å². The van der Waals surface area contributed by atoms with Crippen LogP contribution in [0.4, 0.5) is 0 Å². The third kappa shape index (κ3) is 4.62. The molecule has 0 bridgehead atoms. The van der Waals surface area contributed by atoms with Gasteiger partial charge in [0.15, 0.2) is 0 Å². The van der Waals surface area contributed by atoms with E-state index < -0.39 is 0 Å². The van der Waals surface area contributed by atoms with Gasteiger partial charge in [-0.3, -0.25) is 0 Å². The Bertz CT molecular complexity index is 171. The summed E-state index contributed by atoms with van der Waals surface area (Å²) in [4.78, 5) is 0. The second-order valence-corrected chi connectivity index (χ2v) is 4.55. The molecule has 0 spiro atoms. The van der Waals surface area contributed by atoms with Crippen molar-refractivity contribution < 1.29 is 0 Å². The summed E-state index contributed by atoms with van der Waals surface area (Å²) in [6, 6.07) is 0. The summed E-state index contributed by atoms with van der Waals surface area (Å²) in [6.45, 7) is 10.5. The first kappa shape index (κ1) is 13.1. The van der Waals surface area contributed by atoms with Crippen molar-refractivity contribution in [2.45, 2.75) is 40.0 Å². The second kappa shape index (κ2) is 7.36. The van der Waals surface area contributed by atoms with Crippen molar-refractivity contribution in [2.75, 3.05) is 19.6 Å². The maximum absolute atomic E-state index is 2.58. The Morgan fingerprint density at radius 3 is 1.87 bits per heavy atom. The van der Waals surface area contributed by atoms with Crippen LogP contribution in [0, 0.1) is 0 Å². The fourth-order valence-corrected chi connectivity index (χ4v) is 2.16. The maximum Gasteiger partial charge on any atom is 0.270 e. The van der Waals surface area contributed by atoms with E-state index in [2.05, 4.69) is 34.9 Å². The van der Waals surface area contributed by atoms with Crippen LogP contribution in [0.3, 0.4) is 0 Å². The molecule has 0 aliphatic carbocycles. The van der Waals surface area contributed by atoms with E-state index in [-0.39, 0.29) is 0 Å². The van der Waals surface area contributed by atoms with Crippen LogP contribution in [0.15, 0.2) is 0 Å². The lowest BCUT2D eigenvalue weighted by atomic mass is 9.73. The standard InChI is InChI=1S/C9H24B3N3/c1-4-7-9-15-11-13(6-3)10-14(12-15)8-5-2/h10-12H,4-9H2,1-3H3. The van der Waals surface area contributed by atoms with Gasteiger partial charge in [-0.2, -0.15) is 0 Å². The van der Waals surface area contributed by atoms with Gasteiger partial charge in [0.1, 0.15) is 0 Å². The number of nitrogens with zero attached hydrogens (tertiary/aromatic N) is 3. The molecule has 0 aromatic rings. The van der Waals surface area contributed by atoms with Crippen molar-refractivity contribution in [1.82, 2.24) is 14.2 Å². The molecule has 0 amide bonds. The minimum absolute atomic E-state index is 1.16. The molecular formula is C9H24B3N3. The van der Waals surface area contributed by atoms with E-state index in [1.807, 2.05) is 0 Å². The van der Waals surface area contributed by atoms with E-state index >= 15 is 0 Å². The van der Waals surface area contributed by atoms with Crippen molar-refractivity contribution >= 4 is 22.6 Å². The van der Waals surface area contributed by atoms with E-state index in [4.69, 9.17) is 0 Å². The largest absolute Gasteiger partial charge is 0.363 e. The zero-order valence-corrected chi connectivity index (χ0v) is 10.7. The Hall–Kier alpha value is 0.0748. The van der Waals surface area contributed by atoms with E-state index in [1.54, 1.807) is 0 Å². The maximum atomic E-state index is 2.58. The van der Waals surface area contributed by atoms with Crippen LogP contribution in [-0.2, 0) is 0 Å². The van der Waals surface area contributed by atoms with Crippen molar-refractivity contribution in [3.05, 3.63) is 0 Å². The van der Waals surface area contributed by atoms with Gasteiger partial charge in [-0.05, 0) is 32.5 Å². The lowest BCUT2D eigenvalue weighted by Crippen LogP contribution is -2.61. The first-order chi connectivity index (χ1) is 7.30. The number of hydrogen-bond acceptors (Lipinski definition) is 3. The van der Waals surface area contributed by atoms with Gasteiger partial charge in [0.2, 0.25) is 0 Å². The van der Waals surface area contributed by atoms with Crippen LogP contribution in [0.2, 0.25) is 0 Å². The minimum Gasteiger partial charge on any atom is -0.363 e. The molecule has 15 heavy (non-hydrogen) atoms. The number of hydrogen-bond donors (Lipinski definition) is 0. The van der Waals surface area contributed by atoms with E-state index in [0.717, 1.165) is 15.1 Å². The highest BCUT2D eigenvalue weighted by atomic mass is 15.3. The molecule has 0 radical (unpaired) electrons. The van der Waals surface area contributed by atoms with Gasteiger partial charge in [0, 0.05) is 0 Å². The molecule has 6 heteroatoms. The lowest BCUT2D eigenvalue weighted by Gasteiger charge is -2.40. The van der Waals surface area contributed by atoms with Gasteiger partial charge in [-0.25, -0.2) is 0 Å². The number of rotatable bonds is 6. The molecule has 1 aliphatic rings. The topological polar surface area (TPSA) is 9.72 Å². The van der Waals surface area contributed by atoms with Crippen molar-refractivity contribution in [2.24, 2.45) is 0 Å². The zero-order chi connectivity index (χ0) is 11.1. The minimum atomic E-state index is 1.16. The highest BCUT2D eigenvalue weighted by molar-refractivity contribution is 6.64. The van der Waals surface area contributed by atoms with Crippen molar-refractivity contribution in [1.29, 1.82) is 0 Å². The predicted octanol–water partition coefficient (Wildman–Crippen LogP) is -0.0645. The van der Waals surface area contributed by atoms with Crippen LogP contribution in [0.1, 0.15) is 40.0 Å². The van der Waals surface area contributed by atoms with Gasteiger partial charge in [0.05, 0.1) is 0 Å². The van der Waals surface area contributed by atoms with Gasteiger partial charge < -0.3 is 14.2 Å². The molecule has 1 heterocycles. The molecule has 0 atom stereocenters. The molecule has 1 aliphatic heterocycles. The highest BCUT2D eigenvalue weighted by Crippen LogP contribution is 2.03. The molecular weight excluding hydrogens is 183 g/mol.